The molecule has 3 nitrogen and oxygen atoms in total. The maximum Gasteiger partial charge on any atom is 0.0797 e. The molecule has 0 saturated heterocycles. The third-order valence-corrected chi connectivity index (χ3v) is 6.11. The third-order valence-electron chi connectivity index (χ3n) is 6.11. The Morgan fingerprint density at radius 3 is 2.53 bits per heavy atom. The van der Waals surface area contributed by atoms with E-state index in [0.29, 0.717) is 10.8 Å². The van der Waals surface area contributed by atoms with Crippen molar-refractivity contribution < 1.29 is 0 Å². The minimum absolute atomic E-state index is 0.138. The fourth-order valence-electron chi connectivity index (χ4n) is 6.07. The van der Waals surface area contributed by atoms with Gasteiger partial charge in [-0.1, -0.05) is 6.92 Å². The van der Waals surface area contributed by atoms with Gasteiger partial charge in [-0.05, 0) is 67.3 Å². The van der Waals surface area contributed by atoms with Crippen LogP contribution in [0.4, 0.5) is 0 Å². The summed E-state index contributed by atoms with van der Waals surface area (Å²) >= 11 is 0. The molecule has 4 aliphatic rings. The highest BCUT2D eigenvalue weighted by Gasteiger charge is 2.58. The van der Waals surface area contributed by atoms with E-state index >= 15 is 0 Å². The van der Waals surface area contributed by atoms with Crippen molar-refractivity contribution >= 4 is 0 Å². The highest BCUT2D eigenvalue weighted by Crippen LogP contribution is 2.67. The highest BCUT2D eigenvalue weighted by atomic mass is 15.3. The summed E-state index contributed by atoms with van der Waals surface area (Å²) in [6, 6.07) is 2.25. The van der Waals surface area contributed by atoms with Gasteiger partial charge in [-0.15, -0.1) is 0 Å². The van der Waals surface area contributed by atoms with E-state index in [1.165, 1.54) is 38.5 Å². The van der Waals surface area contributed by atoms with Gasteiger partial charge in [0.1, 0.15) is 0 Å². The summed E-state index contributed by atoms with van der Waals surface area (Å²) < 4.78 is 1.89. The summed E-state index contributed by atoms with van der Waals surface area (Å²) in [7, 11) is 1.98. The number of aromatic nitrogens is 2. The molecule has 3 unspecified atom stereocenters. The van der Waals surface area contributed by atoms with Crippen LogP contribution in [0, 0.1) is 22.7 Å². The quantitative estimate of drug-likeness (QED) is 0.887. The van der Waals surface area contributed by atoms with Gasteiger partial charge >= 0.3 is 0 Å². The number of hydrogen-bond acceptors (Lipinski definition) is 2. The van der Waals surface area contributed by atoms with E-state index in [1.54, 1.807) is 0 Å². The minimum atomic E-state index is 0.138. The molecule has 1 heterocycles. The molecular formula is C16H25N3. The Balaban J connectivity index is 1.70. The van der Waals surface area contributed by atoms with Crippen molar-refractivity contribution in [2.75, 3.05) is 0 Å². The number of nitrogens with two attached hydrogens (primary N) is 1. The average Bonchev–Trinajstić information content (AvgIpc) is 2.71. The molecule has 5 rings (SSSR count). The molecule has 0 aliphatic heterocycles. The summed E-state index contributed by atoms with van der Waals surface area (Å²) in [6.07, 6.45) is 10.4. The van der Waals surface area contributed by atoms with E-state index in [1.807, 2.05) is 17.9 Å². The van der Waals surface area contributed by atoms with Crippen LogP contribution < -0.4 is 5.73 Å². The first-order valence-electron chi connectivity index (χ1n) is 7.73. The lowest BCUT2D eigenvalue weighted by molar-refractivity contribution is -0.114. The zero-order valence-corrected chi connectivity index (χ0v) is 12.1. The van der Waals surface area contributed by atoms with Crippen LogP contribution in [0.5, 0.6) is 0 Å². The van der Waals surface area contributed by atoms with E-state index < -0.39 is 0 Å². The SMILES string of the molecule is Cn1ccc(C(N)C23CC4CC(CC(C)(C4)C2)C3)n1. The molecule has 2 N–H and O–H groups in total. The Labute approximate surface area is 115 Å². The van der Waals surface area contributed by atoms with Gasteiger partial charge in [-0.25, -0.2) is 0 Å². The predicted molar refractivity (Wildman–Crippen MR) is 75.4 cm³/mol. The normalized spacial score (nSPS) is 45.6. The van der Waals surface area contributed by atoms with E-state index in [2.05, 4.69) is 18.1 Å². The van der Waals surface area contributed by atoms with Gasteiger partial charge in [0.15, 0.2) is 0 Å². The molecule has 4 bridgehead atoms. The molecule has 0 aromatic carbocycles. The second-order valence-electron chi connectivity index (χ2n) is 8.03. The summed E-state index contributed by atoms with van der Waals surface area (Å²) in [5.41, 5.74) is 8.70. The lowest BCUT2D eigenvalue weighted by Crippen LogP contribution is -2.54. The van der Waals surface area contributed by atoms with Gasteiger partial charge in [-0.2, -0.15) is 5.10 Å². The molecule has 3 heteroatoms. The lowest BCUT2D eigenvalue weighted by atomic mass is 9.43. The van der Waals surface area contributed by atoms with Gasteiger partial charge in [0.05, 0.1) is 11.7 Å². The molecule has 0 spiro atoms. The largest absolute Gasteiger partial charge is 0.322 e. The van der Waals surface area contributed by atoms with Crippen LogP contribution in [-0.4, -0.2) is 9.78 Å². The van der Waals surface area contributed by atoms with Crippen LogP contribution in [0.3, 0.4) is 0 Å². The molecule has 19 heavy (non-hydrogen) atoms. The Morgan fingerprint density at radius 2 is 2.00 bits per heavy atom. The van der Waals surface area contributed by atoms with Crippen molar-refractivity contribution in [2.45, 2.75) is 51.5 Å². The molecule has 4 aliphatic carbocycles. The molecule has 0 radical (unpaired) electrons. The number of rotatable bonds is 2. The van der Waals surface area contributed by atoms with Crippen molar-refractivity contribution in [2.24, 2.45) is 35.4 Å². The van der Waals surface area contributed by atoms with Crippen LogP contribution in [0.25, 0.3) is 0 Å². The molecule has 0 amide bonds. The summed E-state index contributed by atoms with van der Waals surface area (Å²) in [4.78, 5) is 0. The smallest absolute Gasteiger partial charge is 0.0797 e. The van der Waals surface area contributed by atoms with Crippen molar-refractivity contribution in [1.29, 1.82) is 0 Å². The zero-order chi connectivity index (χ0) is 13.3. The van der Waals surface area contributed by atoms with Crippen LogP contribution in [0.2, 0.25) is 0 Å². The fourth-order valence-corrected chi connectivity index (χ4v) is 6.07. The summed E-state index contributed by atoms with van der Waals surface area (Å²) in [6.45, 7) is 2.50. The second kappa shape index (κ2) is 3.63. The first-order chi connectivity index (χ1) is 8.98. The molecular weight excluding hydrogens is 234 g/mol. The Morgan fingerprint density at radius 1 is 1.32 bits per heavy atom. The Kier molecular flexibility index (Phi) is 2.28. The molecule has 1 aromatic heterocycles. The monoisotopic (exact) mass is 259 g/mol. The number of aryl methyl sites for hydroxylation is 1. The maximum absolute atomic E-state index is 6.69. The van der Waals surface area contributed by atoms with Crippen molar-refractivity contribution in [1.82, 2.24) is 9.78 Å². The number of hydrogen-bond donors (Lipinski definition) is 1. The van der Waals surface area contributed by atoms with Crippen LogP contribution in [-0.2, 0) is 7.05 Å². The zero-order valence-electron chi connectivity index (χ0n) is 12.1. The van der Waals surface area contributed by atoms with E-state index in [0.717, 1.165) is 17.5 Å². The maximum atomic E-state index is 6.69. The van der Waals surface area contributed by atoms with Crippen molar-refractivity contribution in [3.8, 4) is 0 Å². The van der Waals surface area contributed by atoms with E-state index in [4.69, 9.17) is 5.73 Å². The van der Waals surface area contributed by atoms with Crippen LogP contribution in [0.15, 0.2) is 12.3 Å². The first kappa shape index (κ1) is 12.0. The van der Waals surface area contributed by atoms with Gasteiger partial charge in [0.2, 0.25) is 0 Å². The van der Waals surface area contributed by atoms with Crippen molar-refractivity contribution in [3.05, 3.63) is 18.0 Å². The highest BCUT2D eigenvalue weighted by molar-refractivity contribution is 5.16. The summed E-state index contributed by atoms with van der Waals surface area (Å²) in [5.74, 6) is 1.86. The molecule has 4 saturated carbocycles. The standard InChI is InChI=1S/C16H25N3/c1-15-6-11-5-12(7-15)9-16(8-11,10-15)14(17)13-3-4-19(2)18-13/h3-4,11-12,14H,5-10,17H2,1-2H3. The molecule has 1 aromatic rings. The van der Waals surface area contributed by atoms with Crippen LogP contribution in [0.1, 0.15) is 57.2 Å². The van der Waals surface area contributed by atoms with E-state index in [9.17, 15) is 0 Å². The molecule has 3 atom stereocenters. The average molecular weight is 259 g/mol. The minimum Gasteiger partial charge on any atom is -0.322 e. The predicted octanol–water partition coefficient (Wildman–Crippen LogP) is 3.03. The third kappa shape index (κ3) is 1.70. The lowest BCUT2D eigenvalue weighted by Gasteiger charge is -2.62. The second-order valence-corrected chi connectivity index (χ2v) is 8.03. The topological polar surface area (TPSA) is 43.8 Å². The van der Waals surface area contributed by atoms with Gasteiger partial charge in [0.25, 0.3) is 0 Å². The van der Waals surface area contributed by atoms with Gasteiger partial charge in [-0.3, -0.25) is 4.68 Å². The molecule has 4 fully saturated rings. The summed E-state index contributed by atoms with van der Waals surface area (Å²) in [5, 5.41) is 4.58. The number of nitrogens with zero attached hydrogens (tertiary/aromatic N) is 2. The van der Waals surface area contributed by atoms with Gasteiger partial charge in [0, 0.05) is 13.2 Å². The Hall–Kier alpha value is -0.830. The Bertz CT molecular complexity index is 490. The molecule has 104 valence electrons. The fraction of sp³-hybridized carbons (Fsp3) is 0.812. The van der Waals surface area contributed by atoms with E-state index in [-0.39, 0.29) is 6.04 Å². The van der Waals surface area contributed by atoms with Crippen molar-refractivity contribution in [3.63, 3.8) is 0 Å². The van der Waals surface area contributed by atoms with Crippen LogP contribution >= 0.6 is 0 Å². The first-order valence-corrected chi connectivity index (χ1v) is 7.73. The van der Waals surface area contributed by atoms with Gasteiger partial charge < -0.3 is 5.73 Å².